The van der Waals surface area contributed by atoms with Crippen LogP contribution in [0.15, 0.2) is 12.1 Å². The maximum absolute atomic E-state index is 12.6. The summed E-state index contributed by atoms with van der Waals surface area (Å²) >= 11 is 2.99. The van der Waals surface area contributed by atoms with E-state index in [9.17, 15) is 13.6 Å². The first-order valence-electron chi connectivity index (χ1n) is 4.16. The third-order valence-corrected chi connectivity index (χ3v) is 2.61. The van der Waals surface area contributed by atoms with E-state index >= 15 is 0 Å². The van der Waals surface area contributed by atoms with Crippen LogP contribution < -0.4 is 0 Å². The van der Waals surface area contributed by atoms with Crippen LogP contribution in [-0.4, -0.2) is 11.1 Å². The number of nitrogens with zero attached hydrogens (tertiary/aromatic N) is 1. The van der Waals surface area contributed by atoms with Crippen molar-refractivity contribution in [1.82, 2.24) is 0 Å². The van der Waals surface area contributed by atoms with Crippen molar-refractivity contribution in [2.75, 3.05) is 0 Å². The van der Waals surface area contributed by atoms with Crippen molar-refractivity contribution in [2.24, 2.45) is 0 Å². The average Bonchev–Trinajstić information content (AvgIpc) is 2.26. The highest BCUT2D eigenvalue weighted by Gasteiger charge is 2.23. The molecule has 1 N–H and O–H groups in total. The molecule has 16 heavy (non-hydrogen) atoms. The van der Waals surface area contributed by atoms with E-state index < -0.39 is 23.5 Å². The van der Waals surface area contributed by atoms with Gasteiger partial charge >= 0.3 is 5.97 Å². The standard InChI is InChI=1S/C10H6BrF2NO2/c11-3-7-5(4-14)1-2-6(9(12)13)8(7)10(15)16/h1-2,9H,3H2,(H,15,16). The number of carbonyl (C=O) groups is 1. The molecule has 0 saturated carbocycles. The number of rotatable bonds is 3. The van der Waals surface area contributed by atoms with Crippen LogP contribution in [0, 0.1) is 11.3 Å². The maximum Gasteiger partial charge on any atom is 0.336 e. The summed E-state index contributed by atoms with van der Waals surface area (Å²) in [6.07, 6.45) is -2.88. The largest absolute Gasteiger partial charge is 0.478 e. The normalized spacial score (nSPS) is 10.2. The number of halogens is 3. The second kappa shape index (κ2) is 5.03. The van der Waals surface area contributed by atoms with E-state index in [-0.39, 0.29) is 16.5 Å². The van der Waals surface area contributed by atoms with E-state index in [2.05, 4.69) is 15.9 Å². The smallest absolute Gasteiger partial charge is 0.336 e. The Morgan fingerprint density at radius 3 is 2.56 bits per heavy atom. The number of carboxylic acids is 1. The minimum absolute atomic E-state index is 0.0398. The minimum atomic E-state index is -2.88. The van der Waals surface area contributed by atoms with Gasteiger partial charge in [0.15, 0.2) is 0 Å². The Kier molecular flexibility index (Phi) is 3.96. The highest BCUT2D eigenvalue weighted by atomic mass is 79.9. The van der Waals surface area contributed by atoms with Gasteiger partial charge in [0, 0.05) is 10.9 Å². The van der Waals surface area contributed by atoms with Crippen LogP contribution in [0.5, 0.6) is 0 Å². The third-order valence-electron chi connectivity index (χ3n) is 2.05. The van der Waals surface area contributed by atoms with Crippen LogP contribution in [0.4, 0.5) is 8.78 Å². The van der Waals surface area contributed by atoms with E-state index in [1.54, 1.807) is 6.07 Å². The van der Waals surface area contributed by atoms with Gasteiger partial charge in [0.2, 0.25) is 0 Å². The van der Waals surface area contributed by atoms with Crippen LogP contribution in [0.25, 0.3) is 0 Å². The third kappa shape index (κ3) is 2.19. The lowest BCUT2D eigenvalue weighted by Gasteiger charge is -2.10. The quantitative estimate of drug-likeness (QED) is 0.870. The number of benzene rings is 1. The zero-order valence-corrected chi connectivity index (χ0v) is 9.46. The SMILES string of the molecule is N#Cc1ccc(C(F)F)c(C(=O)O)c1CBr. The summed E-state index contributed by atoms with van der Waals surface area (Å²) in [7, 11) is 0. The lowest BCUT2D eigenvalue weighted by atomic mass is 9.97. The Hall–Kier alpha value is -1.48. The molecule has 0 heterocycles. The molecule has 0 amide bonds. The minimum Gasteiger partial charge on any atom is -0.478 e. The summed E-state index contributed by atoms with van der Waals surface area (Å²) in [4.78, 5) is 10.9. The van der Waals surface area contributed by atoms with Crippen LogP contribution in [0.2, 0.25) is 0 Å². The topological polar surface area (TPSA) is 61.1 Å². The Morgan fingerprint density at radius 2 is 2.19 bits per heavy atom. The summed E-state index contributed by atoms with van der Waals surface area (Å²) in [5.41, 5.74) is -0.904. The molecule has 0 saturated heterocycles. The van der Waals surface area contributed by atoms with Crippen LogP contribution >= 0.6 is 15.9 Å². The van der Waals surface area contributed by atoms with Crippen LogP contribution in [-0.2, 0) is 5.33 Å². The van der Waals surface area contributed by atoms with Gasteiger partial charge in [0.05, 0.1) is 17.2 Å². The Morgan fingerprint density at radius 1 is 1.56 bits per heavy atom. The first kappa shape index (κ1) is 12.6. The summed E-state index contributed by atoms with van der Waals surface area (Å²) in [5.74, 6) is -1.46. The monoisotopic (exact) mass is 289 g/mol. The fourth-order valence-electron chi connectivity index (χ4n) is 1.34. The van der Waals surface area contributed by atoms with E-state index in [1.165, 1.54) is 6.07 Å². The molecule has 0 aliphatic heterocycles. The van der Waals surface area contributed by atoms with Crippen molar-refractivity contribution in [3.63, 3.8) is 0 Å². The van der Waals surface area contributed by atoms with Gasteiger partial charge in [-0.15, -0.1) is 0 Å². The Labute approximate surface area is 98.4 Å². The summed E-state index contributed by atoms with van der Waals surface area (Å²) in [5, 5.41) is 17.7. The summed E-state index contributed by atoms with van der Waals surface area (Å²) in [6, 6.07) is 3.94. The lowest BCUT2D eigenvalue weighted by molar-refractivity contribution is 0.0683. The summed E-state index contributed by atoms with van der Waals surface area (Å²) < 4.78 is 25.2. The maximum atomic E-state index is 12.6. The summed E-state index contributed by atoms with van der Waals surface area (Å²) in [6.45, 7) is 0. The van der Waals surface area contributed by atoms with Gasteiger partial charge < -0.3 is 5.11 Å². The lowest BCUT2D eigenvalue weighted by Crippen LogP contribution is -2.08. The zero-order chi connectivity index (χ0) is 12.3. The van der Waals surface area contributed by atoms with E-state index in [0.29, 0.717) is 0 Å². The van der Waals surface area contributed by atoms with Gasteiger partial charge in [-0.2, -0.15) is 5.26 Å². The average molecular weight is 290 g/mol. The Bertz CT molecular complexity index is 469. The number of hydrogen-bond donors (Lipinski definition) is 1. The predicted octanol–water partition coefficient (Wildman–Crippen LogP) is 3.09. The van der Waals surface area contributed by atoms with Crippen LogP contribution in [0.3, 0.4) is 0 Å². The number of nitriles is 1. The molecule has 1 aromatic rings. The fraction of sp³-hybridized carbons (Fsp3) is 0.200. The zero-order valence-electron chi connectivity index (χ0n) is 7.88. The van der Waals surface area contributed by atoms with Gasteiger partial charge in [0.1, 0.15) is 0 Å². The molecule has 0 aliphatic carbocycles. The number of alkyl halides is 3. The molecule has 0 spiro atoms. The predicted molar refractivity (Wildman–Crippen MR) is 55.7 cm³/mol. The van der Waals surface area contributed by atoms with Crippen LogP contribution in [0.1, 0.15) is 33.5 Å². The van der Waals surface area contributed by atoms with Gasteiger partial charge in [0.25, 0.3) is 6.43 Å². The fourth-order valence-corrected chi connectivity index (χ4v) is 1.93. The molecule has 84 valence electrons. The van der Waals surface area contributed by atoms with Crippen molar-refractivity contribution >= 4 is 21.9 Å². The van der Waals surface area contributed by atoms with Crippen molar-refractivity contribution in [1.29, 1.82) is 5.26 Å². The molecular weight excluding hydrogens is 284 g/mol. The first-order chi connectivity index (χ1) is 7.52. The molecule has 1 aromatic carbocycles. The number of aromatic carboxylic acids is 1. The number of hydrogen-bond acceptors (Lipinski definition) is 2. The molecule has 3 nitrogen and oxygen atoms in total. The highest BCUT2D eigenvalue weighted by Crippen LogP contribution is 2.29. The molecule has 1 rings (SSSR count). The molecule has 0 unspecified atom stereocenters. The highest BCUT2D eigenvalue weighted by molar-refractivity contribution is 9.08. The van der Waals surface area contributed by atoms with Gasteiger partial charge in [-0.3, -0.25) is 0 Å². The van der Waals surface area contributed by atoms with E-state index in [4.69, 9.17) is 10.4 Å². The molecule has 0 aromatic heterocycles. The Balaban J connectivity index is 3.58. The second-order valence-corrected chi connectivity index (χ2v) is 3.47. The van der Waals surface area contributed by atoms with Gasteiger partial charge in [-0.05, 0) is 11.6 Å². The van der Waals surface area contributed by atoms with Crippen molar-refractivity contribution in [2.45, 2.75) is 11.8 Å². The van der Waals surface area contributed by atoms with Crippen molar-refractivity contribution in [3.05, 3.63) is 34.4 Å². The molecule has 0 aliphatic rings. The van der Waals surface area contributed by atoms with Crippen molar-refractivity contribution < 1.29 is 18.7 Å². The second-order valence-electron chi connectivity index (χ2n) is 2.91. The molecule has 0 bridgehead atoms. The van der Waals surface area contributed by atoms with Gasteiger partial charge in [-0.25, -0.2) is 13.6 Å². The van der Waals surface area contributed by atoms with Gasteiger partial charge in [-0.1, -0.05) is 22.0 Å². The molecule has 6 heteroatoms. The first-order valence-corrected chi connectivity index (χ1v) is 5.28. The van der Waals surface area contributed by atoms with E-state index in [0.717, 1.165) is 6.07 Å². The van der Waals surface area contributed by atoms with Crippen molar-refractivity contribution in [3.8, 4) is 6.07 Å². The molecule has 0 atom stereocenters. The number of carboxylic acid groups (broad SMARTS) is 1. The molecule has 0 fully saturated rings. The molecular formula is C10H6BrF2NO2. The van der Waals surface area contributed by atoms with E-state index in [1.807, 2.05) is 0 Å². The molecule has 0 radical (unpaired) electrons.